The summed E-state index contributed by atoms with van der Waals surface area (Å²) in [5.41, 5.74) is 2.06. The number of hydrogen-bond donors (Lipinski definition) is 2. The number of nitrogens with one attached hydrogen (secondary N) is 2. The standard InChI is InChI=1S/C21H22N2O3/c1-3-26-18-12-10-16(11-13-18)15-20(24)23-14-6-8-17-7-4-5-9-19(17)21(25)22-2/h4-5,7,9-13H,3,14-15H2,1-2H3,(H,22,25)(H,23,24). The number of rotatable bonds is 6. The molecule has 0 atom stereocenters. The molecular weight excluding hydrogens is 328 g/mol. The number of carbonyl (C=O) groups is 2. The summed E-state index contributed by atoms with van der Waals surface area (Å²) in [6, 6.07) is 14.5. The Kier molecular flexibility index (Phi) is 7.26. The van der Waals surface area contributed by atoms with Crippen molar-refractivity contribution in [2.24, 2.45) is 0 Å². The predicted molar refractivity (Wildman–Crippen MR) is 101 cm³/mol. The fourth-order valence-electron chi connectivity index (χ4n) is 2.33. The molecule has 0 saturated carbocycles. The lowest BCUT2D eigenvalue weighted by Crippen LogP contribution is -2.25. The smallest absolute Gasteiger partial charge is 0.252 e. The van der Waals surface area contributed by atoms with Crippen LogP contribution in [0.5, 0.6) is 5.75 Å². The average Bonchev–Trinajstić information content (AvgIpc) is 2.67. The van der Waals surface area contributed by atoms with Crippen molar-refractivity contribution >= 4 is 11.8 Å². The lowest BCUT2D eigenvalue weighted by atomic mass is 10.1. The van der Waals surface area contributed by atoms with Gasteiger partial charge in [-0.15, -0.1) is 0 Å². The predicted octanol–water partition coefficient (Wildman–Crippen LogP) is 2.16. The van der Waals surface area contributed by atoms with Crippen molar-refractivity contribution in [3.63, 3.8) is 0 Å². The molecule has 0 aliphatic heterocycles. The van der Waals surface area contributed by atoms with Gasteiger partial charge in [-0.2, -0.15) is 0 Å². The SMILES string of the molecule is CCOc1ccc(CC(=O)NCC#Cc2ccccc2C(=O)NC)cc1. The second-order valence-corrected chi connectivity index (χ2v) is 5.46. The topological polar surface area (TPSA) is 67.4 Å². The molecule has 2 aromatic rings. The molecule has 2 N–H and O–H groups in total. The molecule has 0 unspecified atom stereocenters. The van der Waals surface area contributed by atoms with Gasteiger partial charge in [0.1, 0.15) is 5.75 Å². The van der Waals surface area contributed by atoms with Crippen LogP contribution in [0.4, 0.5) is 0 Å². The van der Waals surface area contributed by atoms with Crippen LogP contribution in [0, 0.1) is 11.8 Å². The van der Waals surface area contributed by atoms with E-state index in [1.54, 1.807) is 25.2 Å². The molecule has 0 radical (unpaired) electrons. The van der Waals surface area contributed by atoms with Crippen molar-refractivity contribution < 1.29 is 14.3 Å². The summed E-state index contributed by atoms with van der Waals surface area (Å²) in [7, 11) is 1.58. The molecule has 26 heavy (non-hydrogen) atoms. The highest BCUT2D eigenvalue weighted by molar-refractivity contribution is 5.96. The largest absolute Gasteiger partial charge is 0.494 e. The molecule has 5 heteroatoms. The minimum atomic E-state index is -0.186. The zero-order valence-electron chi connectivity index (χ0n) is 15.0. The van der Waals surface area contributed by atoms with Gasteiger partial charge in [0.05, 0.1) is 25.1 Å². The van der Waals surface area contributed by atoms with Crippen LogP contribution in [0.15, 0.2) is 48.5 Å². The van der Waals surface area contributed by atoms with Crippen molar-refractivity contribution in [3.8, 4) is 17.6 Å². The average molecular weight is 350 g/mol. The number of amides is 2. The van der Waals surface area contributed by atoms with E-state index in [4.69, 9.17) is 4.74 Å². The fourth-order valence-corrected chi connectivity index (χ4v) is 2.33. The maximum absolute atomic E-state index is 12.0. The summed E-state index contributed by atoms with van der Waals surface area (Å²) in [6.45, 7) is 2.76. The normalized spacial score (nSPS) is 9.62. The Morgan fingerprint density at radius 2 is 1.81 bits per heavy atom. The van der Waals surface area contributed by atoms with E-state index in [0.717, 1.165) is 11.3 Å². The molecule has 0 aliphatic rings. The Labute approximate surface area is 153 Å². The van der Waals surface area contributed by atoms with Crippen molar-refractivity contribution in [1.82, 2.24) is 10.6 Å². The van der Waals surface area contributed by atoms with E-state index in [0.29, 0.717) is 17.7 Å². The first-order valence-electron chi connectivity index (χ1n) is 8.42. The van der Waals surface area contributed by atoms with Crippen LogP contribution >= 0.6 is 0 Å². The molecule has 0 saturated heterocycles. The number of benzene rings is 2. The monoisotopic (exact) mass is 350 g/mol. The molecule has 0 fully saturated rings. The van der Waals surface area contributed by atoms with Crippen LogP contribution in [0.2, 0.25) is 0 Å². The van der Waals surface area contributed by atoms with Crippen molar-refractivity contribution in [2.45, 2.75) is 13.3 Å². The van der Waals surface area contributed by atoms with Crippen LogP contribution in [0.1, 0.15) is 28.4 Å². The van der Waals surface area contributed by atoms with Gasteiger partial charge < -0.3 is 15.4 Å². The van der Waals surface area contributed by atoms with Gasteiger partial charge in [-0.05, 0) is 36.8 Å². The lowest BCUT2D eigenvalue weighted by molar-refractivity contribution is -0.120. The molecule has 0 spiro atoms. The minimum Gasteiger partial charge on any atom is -0.494 e. The maximum Gasteiger partial charge on any atom is 0.252 e. The van der Waals surface area contributed by atoms with E-state index >= 15 is 0 Å². The third kappa shape index (κ3) is 5.67. The fraction of sp³-hybridized carbons (Fsp3) is 0.238. The van der Waals surface area contributed by atoms with Crippen LogP contribution in [0.3, 0.4) is 0 Å². The van der Waals surface area contributed by atoms with E-state index in [-0.39, 0.29) is 24.8 Å². The first-order valence-corrected chi connectivity index (χ1v) is 8.42. The highest BCUT2D eigenvalue weighted by Gasteiger charge is 2.06. The molecule has 2 aromatic carbocycles. The first kappa shape index (κ1) is 19.1. The van der Waals surface area contributed by atoms with Gasteiger partial charge in [-0.3, -0.25) is 9.59 Å². The van der Waals surface area contributed by atoms with E-state index in [2.05, 4.69) is 22.5 Å². The van der Waals surface area contributed by atoms with Gasteiger partial charge in [-0.1, -0.05) is 36.1 Å². The van der Waals surface area contributed by atoms with Gasteiger partial charge in [0.25, 0.3) is 5.91 Å². The van der Waals surface area contributed by atoms with Gasteiger partial charge >= 0.3 is 0 Å². The van der Waals surface area contributed by atoms with Crippen LogP contribution in [-0.4, -0.2) is 32.0 Å². The lowest BCUT2D eigenvalue weighted by Gasteiger charge is -2.05. The quantitative estimate of drug-likeness (QED) is 0.785. The van der Waals surface area contributed by atoms with E-state index in [1.807, 2.05) is 37.3 Å². The molecular formula is C21H22N2O3. The summed E-state index contributed by atoms with van der Waals surface area (Å²) in [5, 5.41) is 5.34. The van der Waals surface area contributed by atoms with Crippen LogP contribution in [-0.2, 0) is 11.2 Å². The molecule has 0 aromatic heterocycles. The second-order valence-electron chi connectivity index (χ2n) is 5.46. The Hall–Kier alpha value is -3.26. The molecule has 0 aliphatic carbocycles. The zero-order valence-corrected chi connectivity index (χ0v) is 15.0. The number of hydrogen-bond acceptors (Lipinski definition) is 3. The van der Waals surface area contributed by atoms with Gasteiger partial charge in [-0.25, -0.2) is 0 Å². The third-order valence-electron chi connectivity index (χ3n) is 3.59. The minimum absolute atomic E-state index is 0.108. The molecule has 2 amide bonds. The summed E-state index contributed by atoms with van der Waals surface area (Å²) < 4.78 is 5.37. The van der Waals surface area contributed by atoms with Crippen molar-refractivity contribution in [1.29, 1.82) is 0 Å². The first-order chi connectivity index (χ1) is 12.6. The Bertz CT molecular complexity index is 817. The zero-order chi connectivity index (χ0) is 18.8. The molecule has 0 heterocycles. The third-order valence-corrected chi connectivity index (χ3v) is 3.59. The molecule has 134 valence electrons. The Morgan fingerprint density at radius 3 is 2.50 bits per heavy atom. The molecule has 0 bridgehead atoms. The summed E-state index contributed by atoms with van der Waals surface area (Å²) >= 11 is 0. The van der Waals surface area contributed by atoms with Gasteiger partial charge in [0.15, 0.2) is 0 Å². The Balaban J connectivity index is 1.88. The molecule has 2 rings (SSSR count). The van der Waals surface area contributed by atoms with E-state index < -0.39 is 0 Å². The van der Waals surface area contributed by atoms with Gasteiger partial charge in [0.2, 0.25) is 5.91 Å². The summed E-state index contributed by atoms with van der Waals surface area (Å²) in [4.78, 5) is 23.8. The van der Waals surface area contributed by atoms with Crippen molar-refractivity contribution in [3.05, 3.63) is 65.2 Å². The maximum atomic E-state index is 12.0. The molecule has 5 nitrogen and oxygen atoms in total. The highest BCUT2D eigenvalue weighted by Crippen LogP contribution is 2.12. The van der Waals surface area contributed by atoms with Crippen molar-refractivity contribution in [2.75, 3.05) is 20.2 Å². The summed E-state index contributed by atoms with van der Waals surface area (Å²) in [5.74, 6) is 6.30. The Morgan fingerprint density at radius 1 is 1.08 bits per heavy atom. The van der Waals surface area contributed by atoms with Crippen LogP contribution in [0.25, 0.3) is 0 Å². The van der Waals surface area contributed by atoms with Crippen LogP contribution < -0.4 is 15.4 Å². The second kappa shape index (κ2) is 9.90. The van der Waals surface area contributed by atoms with E-state index in [1.165, 1.54) is 0 Å². The van der Waals surface area contributed by atoms with Gasteiger partial charge in [0, 0.05) is 12.6 Å². The number of ether oxygens (including phenoxy) is 1. The van der Waals surface area contributed by atoms with E-state index in [9.17, 15) is 9.59 Å². The number of carbonyl (C=O) groups excluding carboxylic acids is 2. The summed E-state index contributed by atoms with van der Waals surface area (Å²) in [6.07, 6.45) is 0.281. The highest BCUT2D eigenvalue weighted by atomic mass is 16.5.